The molecule has 1 aliphatic rings. The molecule has 2 atom stereocenters. The van der Waals surface area contributed by atoms with Crippen molar-refractivity contribution in [1.29, 1.82) is 0 Å². The summed E-state index contributed by atoms with van der Waals surface area (Å²) in [5, 5.41) is 3.64. The predicted octanol–water partition coefficient (Wildman–Crippen LogP) is 2.60. The standard InChI is InChI=1S/C15H21NO2S/c1-15(2,3)18-14(17)12-10-19-13(16-12)9-11-7-5-4-6-8-11/h4-8,12-13,16H,9-10H2,1-3H3/t12-,13?/m0/s1. The number of carbonyl (C=O) groups is 1. The maximum atomic E-state index is 12.0. The molecule has 1 aliphatic heterocycles. The number of esters is 1. The minimum absolute atomic E-state index is 0.143. The molecule has 0 bridgehead atoms. The van der Waals surface area contributed by atoms with Crippen molar-refractivity contribution < 1.29 is 9.53 Å². The van der Waals surface area contributed by atoms with Crippen LogP contribution in [0.15, 0.2) is 30.3 Å². The molecule has 0 radical (unpaired) electrons. The molecule has 4 heteroatoms. The quantitative estimate of drug-likeness (QED) is 0.863. The maximum Gasteiger partial charge on any atom is 0.324 e. The van der Waals surface area contributed by atoms with E-state index >= 15 is 0 Å². The van der Waals surface area contributed by atoms with Gasteiger partial charge < -0.3 is 4.74 Å². The highest BCUT2D eigenvalue weighted by molar-refractivity contribution is 8.00. The van der Waals surface area contributed by atoms with Gasteiger partial charge in [-0.3, -0.25) is 10.1 Å². The monoisotopic (exact) mass is 279 g/mol. The summed E-state index contributed by atoms with van der Waals surface area (Å²) in [7, 11) is 0. The number of thioether (sulfide) groups is 1. The van der Waals surface area contributed by atoms with Crippen LogP contribution in [0.2, 0.25) is 0 Å². The molecule has 1 unspecified atom stereocenters. The Balaban J connectivity index is 1.85. The normalized spacial score (nSPS) is 23.3. The van der Waals surface area contributed by atoms with Gasteiger partial charge in [0.1, 0.15) is 11.6 Å². The Morgan fingerprint density at radius 2 is 2.05 bits per heavy atom. The smallest absolute Gasteiger partial charge is 0.324 e. The fourth-order valence-electron chi connectivity index (χ4n) is 1.99. The Kier molecular flexibility index (Phi) is 4.53. The zero-order valence-corrected chi connectivity index (χ0v) is 12.5. The predicted molar refractivity (Wildman–Crippen MR) is 79.2 cm³/mol. The van der Waals surface area contributed by atoms with E-state index in [0.29, 0.717) is 5.37 Å². The Labute approximate surface area is 119 Å². The molecule has 2 rings (SSSR count). The van der Waals surface area contributed by atoms with E-state index in [0.717, 1.165) is 12.2 Å². The van der Waals surface area contributed by atoms with Crippen LogP contribution in [0.4, 0.5) is 0 Å². The first-order valence-electron chi connectivity index (χ1n) is 6.58. The molecule has 0 spiro atoms. The number of hydrogen-bond acceptors (Lipinski definition) is 4. The molecular formula is C15H21NO2S. The third-order valence-electron chi connectivity index (χ3n) is 2.81. The lowest BCUT2D eigenvalue weighted by Gasteiger charge is -2.22. The lowest BCUT2D eigenvalue weighted by Crippen LogP contribution is -2.41. The highest BCUT2D eigenvalue weighted by Crippen LogP contribution is 2.23. The van der Waals surface area contributed by atoms with Gasteiger partial charge in [0, 0.05) is 5.75 Å². The minimum Gasteiger partial charge on any atom is -0.459 e. The summed E-state index contributed by atoms with van der Waals surface area (Å²) in [6.45, 7) is 5.69. The van der Waals surface area contributed by atoms with Crippen LogP contribution in [-0.4, -0.2) is 28.7 Å². The minimum atomic E-state index is -0.416. The summed E-state index contributed by atoms with van der Waals surface area (Å²) in [6.07, 6.45) is 0.935. The fourth-order valence-corrected chi connectivity index (χ4v) is 3.22. The van der Waals surface area contributed by atoms with Crippen molar-refractivity contribution in [2.24, 2.45) is 0 Å². The summed E-state index contributed by atoms with van der Waals surface area (Å²) in [6, 6.07) is 10.1. The zero-order chi connectivity index (χ0) is 13.9. The van der Waals surface area contributed by atoms with Gasteiger partial charge in [-0.1, -0.05) is 30.3 Å². The molecule has 0 saturated carbocycles. The maximum absolute atomic E-state index is 12.0. The van der Waals surface area contributed by atoms with E-state index in [4.69, 9.17) is 4.74 Å². The second-order valence-electron chi connectivity index (χ2n) is 5.76. The topological polar surface area (TPSA) is 38.3 Å². The molecule has 0 aromatic heterocycles. The second-order valence-corrected chi connectivity index (χ2v) is 7.00. The van der Waals surface area contributed by atoms with Crippen molar-refractivity contribution >= 4 is 17.7 Å². The first kappa shape index (κ1) is 14.4. The van der Waals surface area contributed by atoms with Crippen LogP contribution >= 0.6 is 11.8 Å². The van der Waals surface area contributed by atoms with Crippen LogP contribution in [0.25, 0.3) is 0 Å². The summed E-state index contributed by atoms with van der Waals surface area (Å²) < 4.78 is 5.41. The molecule has 0 amide bonds. The zero-order valence-electron chi connectivity index (χ0n) is 11.7. The van der Waals surface area contributed by atoms with Crippen LogP contribution in [0.1, 0.15) is 26.3 Å². The first-order chi connectivity index (χ1) is 8.94. The van der Waals surface area contributed by atoms with Gasteiger partial charge >= 0.3 is 5.97 Å². The lowest BCUT2D eigenvalue weighted by atomic mass is 10.1. The number of rotatable bonds is 3. The molecule has 3 nitrogen and oxygen atoms in total. The number of nitrogens with one attached hydrogen (secondary N) is 1. The van der Waals surface area contributed by atoms with Crippen molar-refractivity contribution in [2.75, 3.05) is 5.75 Å². The first-order valence-corrected chi connectivity index (χ1v) is 7.63. The van der Waals surface area contributed by atoms with Gasteiger partial charge in [-0.25, -0.2) is 0 Å². The van der Waals surface area contributed by atoms with Gasteiger partial charge in [0.05, 0.1) is 5.37 Å². The fraction of sp³-hybridized carbons (Fsp3) is 0.533. The average Bonchev–Trinajstić information content (AvgIpc) is 2.77. The molecule has 1 fully saturated rings. The van der Waals surface area contributed by atoms with E-state index in [2.05, 4.69) is 17.4 Å². The second kappa shape index (κ2) is 5.97. The lowest BCUT2D eigenvalue weighted by molar-refractivity contribution is -0.156. The van der Waals surface area contributed by atoms with Crippen LogP contribution in [-0.2, 0) is 16.0 Å². The van der Waals surface area contributed by atoms with E-state index < -0.39 is 5.60 Å². The molecule has 19 heavy (non-hydrogen) atoms. The van der Waals surface area contributed by atoms with Gasteiger partial charge in [-0.2, -0.15) is 0 Å². The van der Waals surface area contributed by atoms with E-state index in [1.165, 1.54) is 5.56 Å². The Morgan fingerprint density at radius 1 is 1.37 bits per heavy atom. The Hall–Kier alpha value is -1.00. The highest BCUT2D eigenvalue weighted by atomic mass is 32.2. The van der Waals surface area contributed by atoms with Crippen LogP contribution in [0, 0.1) is 0 Å². The van der Waals surface area contributed by atoms with Crippen molar-refractivity contribution in [3.05, 3.63) is 35.9 Å². The van der Waals surface area contributed by atoms with Crippen molar-refractivity contribution in [3.63, 3.8) is 0 Å². The molecule has 1 aromatic carbocycles. The van der Waals surface area contributed by atoms with Gasteiger partial charge in [-0.05, 0) is 32.8 Å². The van der Waals surface area contributed by atoms with Crippen molar-refractivity contribution in [2.45, 2.75) is 44.2 Å². The van der Waals surface area contributed by atoms with Crippen LogP contribution in [0.5, 0.6) is 0 Å². The van der Waals surface area contributed by atoms with Crippen molar-refractivity contribution in [3.8, 4) is 0 Å². The SMILES string of the molecule is CC(C)(C)OC(=O)[C@@H]1CSC(Cc2ccccc2)N1. The Bertz CT molecular complexity index is 428. The number of benzene rings is 1. The van der Waals surface area contributed by atoms with Crippen LogP contribution < -0.4 is 5.32 Å². The van der Waals surface area contributed by atoms with Gasteiger partial charge in [0.15, 0.2) is 0 Å². The molecule has 0 aliphatic carbocycles. The van der Waals surface area contributed by atoms with Gasteiger partial charge in [-0.15, -0.1) is 11.8 Å². The van der Waals surface area contributed by atoms with E-state index in [1.54, 1.807) is 11.8 Å². The van der Waals surface area contributed by atoms with Gasteiger partial charge in [0.2, 0.25) is 0 Å². The summed E-state index contributed by atoms with van der Waals surface area (Å²) in [5.74, 6) is 0.641. The molecule has 1 aromatic rings. The van der Waals surface area contributed by atoms with Gasteiger partial charge in [0.25, 0.3) is 0 Å². The number of hydrogen-bond donors (Lipinski definition) is 1. The molecule has 1 heterocycles. The third-order valence-corrected chi connectivity index (χ3v) is 4.04. The van der Waals surface area contributed by atoms with E-state index in [1.807, 2.05) is 39.0 Å². The van der Waals surface area contributed by atoms with E-state index in [-0.39, 0.29) is 12.0 Å². The molecule has 104 valence electrons. The average molecular weight is 279 g/mol. The molecular weight excluding hydrogens is 258 g/mol. The number of ether oxygens (including phenoxy) is 1. The third kappa shape index (κ3) is 4.55. The summed E-state index contributed by atoms with van der Waals surface area (Å²) in [5.41, 5.74) is 0.873. The largest absolute Gasteiger partial charge is 0.459 e. The summed E-state index contributed by atoms with van der Waals surface area (Å²) in [4.78, 5) is 12.0. The Morgan fingerprint density at radius 3 is 2.68 bits per heavy atom. The van der Waals surface area contributed by atoms with Crippen molar-refractivity contribution in [1.82, 2.24) is 5.32 Å². The highest BCUT2D eigenvalue weighted by Gasteiger charge is 2.32. The number of carbonyl (C=O) groups excluding carboxylic acids is 1. The van der Waals surface area contributed by atoms with E-state index in [9.17, 15) is 4.79 Å². The molecule has 1 saturated heterocycles. The summed E-state index contributed by atoms with van der Waals surface area (Å²) >= 11 is 1.79. The van der Waals surface area contributed by atoms with Crippen LogP contribution in [0.3, 0.4) is 0 Å². The molecule has 1 N–H and O–H groups in total.